The Morgan fingerprint density at radius 2 is 1.73 bits per heavy atom. The van der Waals surface area contributed by atoms with Gasteiger partial charge in [0, 0.05) is 37.4 Å². The molecule has 1 fully saturated rings. The largest absolute Gasteiger partial charge is 0.452 e. The number of Topliss-reactive ketones (excluding diaryl/α,β-unsaturated/α-hetero) is 1. The minimum Gasteiger partial charge on any atom is -0.452 e. The molecule has 0 spiro atoms. The monoisotopic (exact) mass is 477 g/mol. The maximum Gasteiger partial charge on any atom is 0.338 e. The molecular weight excluding hydrogens is 453 g/mol. The van der Waals surface area contributed by atoms with E-state index in [2.05, 4.69) is 4.72 Å². The van der Waals surface area contributed by atoms with Gasteiger partial charge >= 0.3 is 5.97 Å². The molecule has 2 aromatic rings. The molecule has 0 atom stereocenters. The fourth-order valence-electron chi connectivity index (χ4n) is 3.40. The standard InChI is InChI=1S/C22H24FN3O6S/c1-15(27)16-6-7-20(19(23)13-16)25-8-10-26(11-9-25)21(28)14-32-22(29)17-4-3-5-18(12-17)24-33(2,30)31/h3-7,12-13,24H,8-11,14H2,1-2H3. The summed E-state index contributed by atoms with van der Waals surface area (Å²) in [6.07, 6.45) is 0.992. The Labute approximate surface area is 191 Å². The number of halogens is 1. The lowest BCUT2D eigenvalue weighted by Crippen LogP contribution is -2.50. The Morgan fingerprint density at radius 3 is 2.33 bits per heavy atom. The van der Waals surface area contributed by atoms with Gasteiger partial charge in [-0.3, -0.25) is 14.3 Å². The second-order valence-corrected chi connectivity index (χ2v) is 9.37. The number of ketones is 1. The summed E-state index contributed by atoms with van der Waals surface area (Å²) < 4.78 is 44.4. The average molecular weight is 478 g/mol. The highest BCUT2D eigenvalue weighted by molar-refractivity contribution is 7.92. The van der Waals surface area contributed by atoms with Gasteiger partial charge in [0.15, 0.2) is 12.4 Å². The molecule has 1 aliphatic rings. The SMILES string of the molecule is CC(=O)c1ccc(N2CCN(C(=O)COC(=O)c3cccc(NS(C)(=O)=O)c3)CC2)c(F)c1. The van der Waals surface area contributed by atoms with Crippen molar-refractivity contribution in [3.63, 3.8) is 0 Å². The Hall–Kier alpha value is -3.47. The van der Waals surface area contributed by atoms with E-state index in [9.17, 15) is 27.2 Å². The number of hydrogen-bond donors (Lipinski definition) is 1. The first-order valence-electron chi connectivity index (χ1n) is 10.1. The van der Waals surface area contributed by atoms with Crippen LogP contribution in [0, 0.1) is 5.82 Å². The number of rotatable bonds is 7. The summed E-state index contributed by atoms with van der Waals surface area (Å²) in [5.74, 6) is -1.86. The number of piperazine rings is 1. The summed E-state index contributed by atoms with van der Waals surface area (Å²) >= 11 is 0. The van der Waals surface area contributed by atoms with Crippen LogP contribution >= 0.6 is 0 Å². The molecule has 0 unspecified atom stereocenters. The summed E-state index contributed by atoms with van der Waals surface area (Å²) in [4.78, 5) is 39.4. The van der Waals surface area contributed by atoms with Gasteiger partial charge in [0.05, 0.1) is 17.5 Å². The molecule has 0 aromatic heterocycles. The second kappa shape index (κ2) is 9.99. The molecule has 1 aliphatic heterocycles. The number of sulfonamides is 1. The van der Waals surface area contributed by atoms with E-state index < -0.39 is 28.4 Å². The number of nitrogens with zero attached hydrogens (tertiary/aromatic N) is 2. The van der Waals surface area contributed by atoms with Crippen LogP contribution < -0.4 is 9.62 Å². The van der Waals surface area contributed by atoms with Gasteiger partial charge in [-0.15, -0.1) is 0 Å². The number of nitrogens with one attached hydrogen (secondary N) is 1. The number of carbonyl (C=O) groups excluding carboxylic acids is 3. The fourth-order valence-corrected chi connectivity index (χ4v) is 3.96. The first kappa shape index (κ1) is 24.2. The van der Waals surface area contributed by atoms with Gasteiger partial charge in [0.2, 0.25) is 10.0 Å². The molecule has 1 saturated heterocycles. The van der Waals surface area contributed by atoms with E-state index in [1.54, 1.807) is 17.0 Å². The molecule has 33 heavy (non-hydrogen) atoms. The van der Waals surface area contributed by atoms with Gasteiger partial charge in [-0.05, 0) is 43.3 Å². The first-order valence-corrected chi connectivity index (χ1v) is 12.0. The van der Waals surface area contributed by atoms with Crippen LogP contribution in [-0.4, -0.2) is 70.0 Å². The van der Waals surface area contributed by atoms with Gasteiger partial charge in [-0.1, -0.05) is 6.07 Å². The zero-order valence-electron chi connectivity index (χ0n) is 18.2. The molecule has 0 radical (unpaired) electrons. The van der Waals surface area contributed by atoms with Crippen LogP contribution in [-0.2, 0) is 19.6 Å². The van der Waals surface area contributed by atoms with Crippen molar-refractivity contribution in [3.8, 4) is 0 Å². The van der Waals surface area contributed by atoms with Crippen molar-refractivity contribution in [1.82, 2.24) is 4.90 Å². The highest BCUT2D eigenvalue weighted by atomic mass is 32.2. The molecule has 0 saturated carbocycles. The van der Waals surface area contributed by atoms with Gasteiger partial charge in [0.1, 0.15) is 5.82 Å². The van der Waals surface area contributed by atoms with E-state index >= 15 is 0 Å². The van der Waals surface area contributed by atoms with Crippen LogP contribution in [0.4, 0.5) is 15.8 Å². The van der Waals surface area contributed by atoms with Crippen molar-refractivity contribution in [2.45, 2.75) is 6.92 Å². The Bertz CT molecular complexity index is 1180. The van der Waals surface area contributed by atoms with Crippen molar-refractivity contribution in [1.29, 1.82) is 0 Å². The third-order valence-electron chi connectivity index (χ3n) is 5.06. The minimum atomic E-state index is -3.50. The van der Waals surface area contributed by atoms with Gasteiger partial charge in [-0.25, -0.2) is 17.6 Å². The zero-order chi connectivity index (χ0) is 24.2. The van der Waals surface area contributed by atoms with Crippen LogP contribution in [0.25, 0.3) is 0 Å². The predicted molar refractivity (Wildman–Crippen MR) is 120 cm³/mol. The third kappa shape index (κ3) is 6.51. The van der Waals surface area contributed by atoms with Gasteiger partial charge < -0.3 is 14.5 Å². The molecule has 176 valence electrons. The maximum atomic E-state index is 14.4. The molecule has 1 heterocycles. The number of ether oxygens (including phenoxy) is 1. The number of amides is 1. The van der Waals surface area contributed by atoms with Crippen molar-refractivity contribution in [3.05, 3.63) is 59.4 Å². The molecule has 0 aliphatic carbocycles. The molecule has 3 rings (SSSR count). The smallest absolute Gasteiger partial charge is 0.338 e. The Balaban J connectivity index is 1.52. The molecule has 1 N–H and O–H groups in total. The highest BCUT2D eigenvalue weighted by Crippen LogP contribution is 2.22. The van der Waals surface area contributed by atoms with Crippen molar-refractivity contribution >= 4 is 39.1 Å². The van der Waals surface area contributed by atoms with Crippen molar-refractivity contribution in [2.75, 3.05) is 48.7 Å². The maximum absolute atomic E-state index is 14.4. The number of benzene rings is 2. The normalized spacial score (nSPS) is 14.0. The Kier molecular flexibility index (Phi) is 7.32. The van der Waals surface area contributed by atoms with E-state index in [1.165, 1.54) is 42.2 Å². The molecule has 2 aromatic carbocycles. The van der Waals surface area contributed by atoms with E-state index in [0.717, 1.165) is 6.26 Å². The van der Waals surface area contributed by atoms with Crippen molar-refractivity contribution < 1.29 is 31.9 Å². The quantitative estimate of drug-likeness (QED) is 0.479. The third-order valence-corrected chi connectivity index (χ3v) is 5.66. The highest BCUT2D eigenvalue weighted by Gasteiger charge is 2.24. The number of anilines is 2. The second-order valence-electron chi connectivity index (χ2n) is 7.62. The summed E-state index contributed by atoms with van der Waals surface area (Å²) in [6, 6.07) is 10.1. The molecule has 0 bridgehead atoms. The van der Waals surface area contributed by atoms with E-state index in [0.29, 0.717) is 37.4 Å². The molecule has 9 nitrogen and oxygen atoms in total. The summed E-state index contributed by atoms with van der Waals surface area (Å²) in [6.45, 7) is 2.31. The number of carbonyl (C=O) groups is 3. The summed E-state index contributed by atoms with van der Waals surface area (Å²) in [5, 5.41) is 0. The van der Waals surface area contributed by atoms with E-state index in [1.807, 2.05) is 0 Å². The summed E-state index contributed by atoms with van der Waals surface area (Å²) in [7, 11) is -3.50. The van der Waals surface area contributed by atoms with E-state index in [4.69, 9.17) is 4.74 Å². The molecule has 1 amide bonds. The summed E-state index contributed by atoms with van der Waals surface area (Å²) in [5.41, 5.74) is 0.967. The lowest BCUT2D eigenvalue weighted by Gasteiger charge is -2.36. The van der Waals surface area contributed by atoms with Crippen molar-refractivity contribution in [2.24, 2.45) is 0 Å². The molecule has 11 heteroatoms. The fraction of sp³-hybridized carbons (Fsp3) is 0.318. The first-order chi connectivity index (χ1) is 15.5. The topological polar surface area (TPSA) is 113 Å². The predicted octanol–water partition coefficient (Wildman–Crippen LogP) is 1.91. The van der Waals surface area contributed by atoms with Crippen LogP contribution in [0.15, 0.2) is 42.5 Å². The average Bonchev–Trinajstić information content (AvgIpc) is 2.76. The van der Waals surface area contributed by atoms with Crippen LogP contribution in [0.2, 0.25) is 0 Å². The minimum absolute atomic E-state index is 0.103. The molecular formula is C22H24FN3O6S. The number of esters is 1. The van der Waals surface area contributed by atoms with Crippen LogP contribution in [0.5, 0.6) is 0 Å². The lowest BCUT2D eigenvalue weighted by molar-refractivity contribution is -0.134. The van der Waals surface area contributed by atoms with Crippen LogP contribution in [0.1, 0.15) is 27.6 Å². The van der Waals surface area contributed by atoms with Crippen LogP contribution in [0.3, 0.4) is 0 Å². The Morgan fingerprint density at radius 1 is 1.03 bits per heavy atom. The van der Waals surface area contributed by atoms with E-state index in [-0.39, 0.29) is 22.9 Å². The zero-order valence-corrected chi connectivity index (χ0v) is 19.0. The van der Waals surface area contributed by atoms with Gasteiger partial charge in [-0.2, -0.15) is 0 Å². The lowest BCUT2D eigenvalue weighted by atomic mass is 10.1. The number of hydrogen-bond acceptors (Lipinski definition) is 7. The van der Waals surface area contributed by atoms with Gasteiger partial charge in [0.25, 0.3) is 5.91 Å².